The fourth-order valence-corrected chi connectivity index (χ4v) is 1.87. The average Bonchev–Trinajstić information content (AvgIpc) is 2.69. The van der Waals surface area contributed by atoms with E-state index in [-0.39, 0.29) is 6.04 Å². The maximum Gasteiger partial charge on any atom is 0.143 e. The fourth-order valence-electron chi connectivity index (χ4n) is 1.27. The van der Waals surface area contributed by atoms with E-state index >= 15 is 0 Å². The lowest BCUT2D eigenvalue weighted by molar-refractivity contribution is 0.719. The monoisotopic (exact) mass is 208 g/mol. The molecule has 4 nitrogen and oxygen atoms in total. The van der Waals surface area contributed by atoms with Gasteiger partial charge in [-0.05, 0) is 13.0 Å². The third-order valence-corrected chi connectivity index (χ3v) is 2.62. The van der Waals surface area contributed by atoms with Gasteiger partial charge in [-0.2, -0.15) is 5.10 Å². The highest BCUT2D eigenvalue weighted by molar-refractivity contribution is 7.13. The normalized spacial score (nSPS) is 13.0. The summed E-state index contributed by atoms with van der Waals surface area (Å²) in [4.78, 5) is 4.18. The lowest BCUT2D eigenvalue weighted by Gasteiger charge is -1.99. The maximum absolute atomic E-state index is 5.69. The SMILES string of the molecule is CC(N)Cc1cc(-c2nccs2)n[nH]1. The number of aromatic nitrogens is 3. The summed E-state index contributed by atoms with van der Waals surface area (Å²) in [5.74, 6) is 0. The van der Waals surface area contributed by atoms with E-state index in [2.05, 4.69) is 15.2 Å². The highest BCUT2D eigenvalue weighted by Gasteiger charge is 2.06. The lowest BCUT2D eigenvalue weighted by atomic mass is 10.2. The summed E-state index contributed by atoms with van der Waals surface area (Å²) in [6.45, 7) is 1.98. The van der Waals surface area contributed by atoms with E-state index in [0.717, 1.165) is 22.8 Å². The van der Waals surface area contributed by atoms with Crippen LogP contribution in [0.2, 0.25) is 0 Å². The molecule has 0 aliphatic heterocycles. The molecule has 2 heterocycles. The molecule has 0 aliphatic carbocycles. The molecule has 2 aromatic heterocycles. The minimum absolute atomic E-state index is 0.152. The Morgan fingerprint density at radius 2 is 2.50 bits per heavy atom. The predicted molar refractivity (Wildman–Crippen MR) is 57.0 cm³/mol. The zero-order valence-corrected chi connectivity index (χ0v) is 8.71. The quantitative estimate of drug-likeness (QED) is 0.801. The molecule has 1 atom stereocenters. The standard InChI is InChI=1S/C9H12N4S/c1-6(10)4-7-5-8(13-12-7)9-11-2-3-14-9/h2-3,5-6H,4,10H2,1H3,(H,12,13). The number of hydrogen-bond donors (Lipinski definition) is 2. The van der Waals surface area contributed by atoms with Crippen LogP contribution in [0, 0.1) is 0 Å². The molecule has 0 spiro atoms. The van der Waals surface area contributed by atoms with Crippen LogP contribution in [0.1, 0.15) is 12.6 Å². The molecule has 0 fully saturated rings. The molecular formula is C9H12N4S. The largest absolute Gasteiger partial charge is 0.328 e. The second-order valence-corrected chi connectivity index (χ2v) is 4.19. The molecule has 0 bridgehead atoms. The number of nitrogens with two attached hydrogens (primary N) is 1. The highest BCUT2D eigenvalue weighted by Crippen LogP contribution is 2.19. The molecule has 3 N–H and O–H groups in total. The van der Waals surface area contributed by atoms with Crippen molar-refractivity contribution in [2.24, 2.45) is 5.73 Å². The fraction of sp³-hybridized carbons (Fsp3) is 0.333. The third kappa shape index (κ3) is 2.00. The van der Waals surface area contributed by atoms with E-state index in [0.29, 0.717) is 0 Å². The van der Waals surface area contributed by atoms with E-state index < -0.39 is 0 Å². The molecule has 1 unspecified atom stereocenters. The lowest BCUT2D eigenvalue weighted by Crippen LogP contribution is -2.17. The Morgan fingerprint density at radius 1 is 1.64 bits per heavy atom. The molecule has 0 saturated heterocycles. The molecule has 2 rings (SSSR count). The number of nitrogens with one attached hydrogen (secondary N) is 1. The molecule has 74 valence electrons. The van der Waals surface area contributed by atoms with Crippen molar-refractivity contribution >= 4 is 11.3 Å². The Hall–Kier alpha value is -1.20. The molecule has 0 amide bonds. The molecule has 14 heavy (non-hydrogen) atoms. The van der Waals surface area contributed by atoms with Gasteiger partial charge >= 0.3 is 0 Å². The minimum atomic E-state index is 0.152. The van der Waals surface area contributed by atoms with E-state index in [9.17, 15) is 0 Å². The van der Waals surface area contributed by atoms with Gasteiger partial charge in [-0.15, -0.1) is 11.3 Å². The van der Waals surface area contributed by atoms with Gasteiger partial charge in [-0.25, -0.2) is 4.98 Å². The highest BCUT2D eigenvalue weighted by atomic mass is 32.1. The number of aromatic amines is 1. The van der Waals surface area contributed by atoms with E-state index in [1.165, 1.54) is 0 Å². The molecule has 0 aromatic carbocycles. The van der Waals surface area contributed by atoms with Crippen LogP contribution >= 0.6 is 11.3 Å². The maximum atomic E-state index is 5.69. The van der Waals surface area contributed by atoms with Crippen molar-refractivity contribution in [1.82, 2.24) is 15.2 Å². The van der Waals surface area contributed by atoms with Gasteiger partial charge in [0.1, 0.15) is 10.7 Å². The van der Waals surface area contributed by atoms with Crippen molar-refractivity contribution in [3.63, 3.8) is 0 Å². The van der Waals surface area contributed by atoms with Crippen LogP contribution in [-0.4, -0.2) is 21.2 Å². The first-order chi connectivity index (χ1) is 6.75. The molecule has 0 aliphatic rings. The van der Waals surface area contributed by atoms with Gasteiger partial charge in [0.25, 0.3) is 0 Å². The zero-order valence-electron chi connectivity index (χ0n) is 7.90. The molecule has 0 saturated carbocycles. The topological polar surface area (TPSA) is 67.6 Å². The number of H-pyrrole nitrogens is 1. The number of thiazole rings is 1. The second-order valence-electron chi connectivity index (χ2n) is 3.30. The smallest absolute Gasteiger partial charge is 0.143 e. The average molecular weight is 208 g/mol. The van der Waals surface area contributed by atoms with Crippen molar-refractivity contribution in [2.75, 3.05) is 0 Å². The van der Waals surface area contributed by atoms with Gasteiger partial charge in [0, 0.05) is 29.7 Å². The van der Waals surface area contributed by atoms with Crippen LogP contribution in [0.3, 0.4) is 0 Å². The van der Waals surface area contributed by atoms with Gasteiger partial charge in [0.15, 0.2) is 0 Å². The van der Waals surface area contributed by atoms with Gasteiger partial charge in [0.2, 0.25) is 0 Å². The van der Waals surface area contributed by atoms with Crippen molar-refractivity contribution in [2.45, 2.75) is 19.4 Å². The van der Waals surface area contributed by atoms with Crippen LogP contribution in [-0.2, 0) is 6.42 Å². The van der Waals surface area contributed by atoms with E-state index in [4.69, 9.17) is 5.73 Å². The second kappa shape index (κ2) is 3.89. The summed E-state index contributed by atoms with van der Waals surface area (Å²) in [5, 5.41) is 10.0. The summed E-state index contributed by atoms with van der Waals surface area (Å²) in [6.07, 6.45) is 2.60. The van der Waals surface area contributed by atoms with Gasteiger partial charge in [-0.3, -0.25) is 5.10 Å². The first-order valence-corrected chi connectivity index (χ1v) is 5.33. The van der Waals surface area contributed by atoms with E-state index in [1.807, 2.05) is 18.4 Å². The van der Waals surface area contributed by atoms with Crippen molar-refractivity contribution in [3.05, 3.63) is 23.3 Å². The minimum Gasteiger partial charge on any atom is -0.328 e. The Labute approximate surface area is 86.2 Å². The first-order valence-electron chi connectivity index (χ1n) is 4.45. The number of rotatable bonds is 3. The summed E-state index contributed by atoms with van der Waals surface area (Å²) < 4.78 is 0. The van der Waals surface area contributed by atoms with E-state index in [1.54, 1.807) is 17.5 Å². The summed E-state index contributed by atoms with van der Waals surface area (Å²) in [5.41, 5.74) is 7.65. The van der Waals surface area contributed by atoms with Crippen molar-refractivity contribution in [3.8, 4) is 10.7 Å². The first kappa shape index (κ1) is 9.36. The van der Waals surface area contributed by atoms with Gasteiger partial charge in [-0.1, -0.05) is 0 Å². The Bertz CT molecular complexity index is 391. The number of hydrogen-bond acceptors (Lipinski definition) is 4. The van der Waals surface area contributed by atoms with Crippen molar-refractivity contribution in [1.29, 1.82) is 0 Å². The molecule has 2 aromatic rings. The van der Waals surface area contributed by atoms with Crippen LogP contribution < -0.4 is 5.73 Å². The summed E-state index contributed by atoms with van der Waals surface area (Å²) in [7, 11) is 0. The Balaban J connectivity index is 2.18. The molecule has 5 heteroatoms. The summed E-state index contributed by atoms with van der Waals surface area (Å²) >= 11 is 1.58. The zero-order chi connectivity index (χ0) is 9.97. The predicted octanol–water partition coefficient (Wildman–Crippen LogP) is 1.42. The van der Waals surface area contributed by atoms with Crippen LogP contribution in [0.4, 0.5) is 0 Å². The van der Waals surface area contributed by atoms with Crippen molar-refractivity contribution < 1.29 is 0 Å². The van der Waals surface area contributed by atoms with Gasteiger partial charge in [0.05, 0.1) is 0 Å². The number of nitrogens with zero attached hydrogens (tertiary/aromatic N) is 2. The van der Waals surface area contributed by atoms with Crippen LogP contribution in [0.5, 0.6) is 0 Å². The molecular weight excluding hydrogens is 196 g/mol. The Kier molecular flexibility index (Phi) is 2.60. The summed E-state index contributed by atoms with van der Waals surface area (Å²) in [6, 6.07) is 2.15. The van der Waals surface area contributed by atoms with Crippen LogP contribution in [0.15, 0.2) is 17.6 Å². The Morgan fingerprint density at radius 3 is 3.14 bits per heavy atom. The van der Waals surface area contributed by atoms with Gasteiger partial charge < -0.3 is 5.73 Å². The molecule has 0 radical (unpaired) electrons. The van der Waals surface area contributed by atoms with Crippen LogP contribution in [0.25, 0.3) is 10.7 Å². The third-order valence-electron chi connectivity index (χ3n) is 1.82.